The standard InChI is InChI=1S/C20H23N3O3/c1-20(2)12-16(13-8-9-17(25-3)18(11-13)26-4)22-23(20)19(24)14-6-5-7-15(21)10-14/h5-11H,12,21H2,1-4H3. The van der Waals surface area contributed by atoms with Crippen LogP contribution in [0.3, 0.4) is 0 Å². The summed E-state index contributed by atoms with van der Waals surface area (Å²) in [6.45, 7) is 3.99. The summed E-state index contributed by atoms with van der Waals surface area (Å²) in [7, 11) is 3.19. The molecule has 0 spiro atoms. The fourth-order valence-corrected chi connectivity index (χ4v) is 3.07. The molecule has 0 saturated carbocycles. The van der Waals surface area contributed by atoms with Gasteiger partial charge < -0.3 is 15.2 Å². The van der Waals surface area contributed by atoms with Gasteiger partial charge in [0, 0.05) is 23.2 Å². The molecule has 136 valence electrons. The number of carbonyl (C=O) groups excluding carboxylic acids is 1. The molecule has 0 saturated heterocycles. The van der Waals surface area contributed by atoms with Crippen molar-refractivity contribution in [1.82, 2.24) is 5.01 Å². The number of benzene rings is 2. The zero-order valence-electron chi connectivity index (χ0n) is 15.4. The summed E-state index contributed by atoms with van der Waals surface area (Å²) in [6.07, 6.45) is 0.635. The molecule has 1 aliphatic rings. The molecule has 1 amide bonds. The third kappa shape index (κ3) is 3.22. The number of amides is 1. The first-order valence-electron chi connectivity index (χ1n) is 8.35. The Labute approximate surface area is 153 Å². The second-order valence-corrected chi connectivity index (χ2v) is 6.85. The van der Waals surface area contributed by atoms with Crippen molar-refractivity contribution in [2.75, 3.05) is 20.0 Å². The van der Waals surface area contributed by atoms with E-state index in [-0.39, 0.29) is 5.91 Å². The van der Waals surface area contributed by atoms with Crippen molar-refractivity contribution in [3.8, 4) is 11.5 Å². The van der Waals surface area contributed by atoms with E-state index in [2.05, 4.69) is 5.10 Å². The molecule has 1 aliphatic heterocycles. The van der Waals surface area contributed by atoms with Crippen molar-refractivity contribution in [2.24, 2.45) is 5.10 Å². The molecular weight excluding hydrogens is 330 g/mol. The van der Waals surface area contributed by atoms with Crippen LogP contribution in [0.25, 0.3) is 0 Å². The maximum atomic E-state index is 12.9. The highest BCUT2D eigenvalue weighted by molar-refractivity contribution is 6.05. The van der Waals surface area contributed by atoms with Gasteiger partial charge >= 0.3 is 0 Å². The van der Waals surface area contributed by atoms with E-state index < -0.39 is 5.54 Å². The SMILES string of the molecule is COc1ccc(C2=NN(C(=O)c3cccc(N)c3)C(C)(C)C2)cc1OC. The van der Waals surface area contributed by atoms with E-state index >= 15 is 0 Å². The van der Waals surface area contributed by atoms with E-state index in [1.165, 1.54) is 5.01 Å². The van der Waals surface area contributed by atoms with Crippen LogP contribution in [-0.4, -0.2) is 36.4 Å². The van der Waals surface area contributed by atoms with Crippen molar-refractivity contribution in [3.05, 3.63) is 53.6 Å². The Kier molecular flexibility index (Phi) is 4.59. The first-order valence-corrected chi connectivity index (χ1v) is 8.35. The minimum absolute atomic E-state index is 0.169. The average molecular weight is 353 g/mol. The predicted octanol–water partition coefficient (Wildman–Crippen LogP) is 3.31. The van der Waals surface area contributed by atoms with Crippen molar-refractivity contribution in [2.45, 2.75) is 25.8 Å². The summed E-state index contributed by atoms with van der Waals surface area (Å²) in [5, 5.41) is 6.15. The number of ether oxygens (including phenoxy) is 2. The highest BCUT2D eigenvalue weighted by Crippen LogP contribution is 2.34. The molecule has 2 N–H and O–H groups in total. The molecule has 2 aromatic carbocycles. The van der Waals surface area contributed by atoms with Crippen LogP contribution in [0.2, 0.25) is 0 Å². The number of hydrogen-bond acceptors (Lipinski definition) is 5. The molecule has 0 aromatic heterocycles. The van der Waals surface area contributed by atoms with Gasteiger partial charge in [-0.25, -0.2) is 5.01 Å². The molecule has 0 bridgehead atoms. The monoisotopic (exact) mass is 353 g/mol. The largest absolute Gasteiger partial charge is 0.493 e. The van der Waals surface area contributed by atoms with Gasteiger partial charge in [-0.05, 0) is 50.2 Å². The maximum absolute atomic E-state index is 12.9. The van der Waals surface area contributed by atoms with Gasteiger partial charge in [-0.15, -0.1) is 0 Å². The van der Waals surface area contributed by atoms with Crippen molar-refractivity contribution in [3.63, 3.8) is 0 Å². The minimum atomic E-state index is -0.440. The van der Waals surface area contributed by atoms with Crippen LogP contribution in [-0.2, 0) is 0 Å². The number of anilines is 1. The summed E-state index contributed by atoms with van der Waals surface area (Å²) in [5.74, 6) is 1.12. The number of hydrazone groups is 1. The van der Waals surface area contributed by atoms with Crippen LogP contribution in [0.1, 0.15) is 36.2 Å². The highest BCUT2D eigenvalue weighted by Gasteiger charge is 2.39. The Morgan fingerprint density at radius 3 is 2.50 bits per heavy atom. The number of methoxy groups -OCH3 is 2. The molecule has 26 heavy (non-hydrogen) atoms. The van der Waals surface area contributed by atoms with E-state index in [0.717, 1.165) is 11.3 Å². The third-order valence-corrected chi connectivity index (χ3v) is 4.44. The summed E-state index contributed by atoms with van der Waals surface area (Å²) < 4.78 is 10.7. The molecule has 0 aliphatic carbocycles. The fraction of sp³-hybridized carbons (Fsp3) is 0.300. The first kappa shape index (κ1) is 17.8. The summed E-state index contributed by atoms with van der Waals surface area (Å²) in [6, 6.07) is 12.6. The summed E-state index contributed by atoms with van der Waals surface area (Å²) in [5.41, 5.74) is 8.17. The van der Waals surface area contributed by atoms with E-state index in [1.54, 1.807) is 38.5 Å². The van der Waals surface area contributed by atoms with Gasteiger partial charge in [-0.2, -0.15) is 5.10 Å². The average Bonchev–Trinajstić information content (AvgIpc) is 2.95. The van der Waals surface area contributed by atoms with Crippen LogP contribution < -0.4 is 15.2 Å². The number of hydrogen-bond donors (Lipinski definition) is 1. The van der Waals surface area contributed by atoms with E-state index in [9.17, 15) is 4.79 Å². The lowest BCUT2D eigenvalue weighted by atomic mass is 9.94. The predicted molar refractivity (Wildman–Crippen MR) is 102 cm³/mol. The molecular formula is C20H23N3O3. The number of nitrogen functional groups attached to an aromatic ring is 1. The maximum Gasteiger partial charge on any atom is 0.274 e. The quantitative estimate of drug-likeness (QED) is 0.856. The molecule has 6 nitrogen and oxygen atoms in total. The van der Waals surface area contributed by atoms with Gasteiger partial charge in [-0.1, -0.05) is 6.07 Å². The van der Waals surface area contributed by atoms with Gasteiger partial charge in [0.1, 0.15) is 0 Å². The number of rotatable bonds is 4. The lowest BCUT2D eigenvalue weighted by Gasteiger charge is -2.28. The second-order valence-electron chi connectivity index (χ2n) is 6.85. The van der Waals surface area contributed by atoms with Crippen LogP contribution >= 0.6 is 0 Å². The summed E-state index contributed by atoms with van der Waals surface area (Å²) in [4.78, 5) is 12.9. The van der Waals surface area contributed by atoms with Gasteiger partial charge in [0.15, 0.2) is 11.5 Å². The molecule has 0 unspecified atom stereocenters. The Morgan fingerprint density at radius 1 is 1.12 bits per heavy atom. The lowest BCUT2D eigenvalue weighted by Crippen LogP contribution is -2.40. The van der Waals surface area contributed by atoms with Gasteiger partial charge in [0.2, 0.25) is 0 Å². The van der Waals surface area contributed by atoms with E-state index in [0.29, 0.717) is 29.2 Å². The molecule has 0 radical (unpaired) electrons. The molecule has 3 rings (SSSR count). The van der Waals surface area contributed by atoms with Gasteiger partial charge in [-0.3, -0.25) is 4.79 Å². The Bertz CT molecular complexity index is 874. The van der Waals surface area contributed by atoms with E-state index in [4.69, 9.17) is 15.2 Å². The molecule has 0 atom stereocenters. The van der Waals surface area contributed by atoms with Gasteiger partial charge in [0.05, 0.1) is 25.5 Å². The molecule has 6 heteroatoms. The van der Waals surface area contributed by atoms with E-state index in [1.807, 2.05) is 32.0 Å². The number of carbonyl (C=O) groups is 1. The topological polar surface area (TPSA) is 77.2 Å². The van der Waals surface area contributed by atoms with Crippen LogP contribution in [0.5, 0.6) is 11.5 Å². The zero-order chi connectivity index (χ0) is 18.9. The fourth-order valence-electron chi connectivity index (χ4n) is 3.07. The van der Waals surface area contributed by atoms with Gasteiger partial charge in [0.25, 0.3) is 5.91 Å². The Morgan fingerprint density at radius 2 is 1.85 bits per heavy atom. The second kappa shape index (κ2) is 6.71. The third-order valence-electron chi connectivity index (χ3n) is 4.44. The number of nitrogens with zero attached hydrogens (tertiary/aromatic N) is 2. The van der Waals surface area contributed by atoms with Crippen LogP contribution in [0.4, 0.5) is 5.69 Å². The summed E-state index contributed by atoms with van der Waals surface area (Å²) >= 11 is 0. The van der Waals surface area contributed by atoms with Crippen LogP contribution in [0, 0.1) is 0 Å². The molecule has 0 fully saturated rings. The first-order chi connectivity index (χ1) is 12.4. The van der Waals surface area contributed by atoms with Crippen LogP contribution in [0.15, 0.2) is 47.6 Å². The Balaban J connectivity index is 1.96. The normalized spacial score (nSPS) is 15.5. The number of nitrogens with two attached hydrogens (primary N) is 1. The zero-order valence-corrected chi connectivity index (χ0v) is 15.4. The Hall–Kier alpha value is -3.02. The smallest absolute Gasteiger partial charge is 0.274 e. The minimum Gasteiger partial charge on any atom is -0.493 e. The van der Waals surface area contributed by atoms with Crippen molar-refractivity contribution < 1.29 is 14.3 Å². The van der Waals surface area contributed by atoms with Crippen molar-refractivity contribution >= 4 is 17.3 Å². The molecule has 1 heterocycles. The lowest BCUT2D eigenvalue weighted by molar-refractivity contribution is 0.0612. The highest BCUT2D eigenvalue weighted by atomic mass is 16.5. The van der Waals surface area contributed by atoms with Crippen molar-refractivity contribution in [1.29, 1.82) is 0 Å². The molecule has 2 aromatic rings.